The van der Waals surface area contributed by atoms with Crippen molar-refractivity contribution >= 4 is 11.6 Å². The highest BCUT2D eigenvalue weighted by Crippen LogP contribution is 2.24. The normalized spacial score (nSPS) is 12.3. The zero-order chi connectivity index (χ0) is 24.4. The Morgan fingerprint density at radius 1 is 1.21 bits per heavy atom. The van der Waals surface area contributed by atoms with Crippen molar-refractivity contribution in [2.75, 3.05) is 6.61 Å². The number of nitrogens with zero attached hydrogens (tertiary/aromatic N) is 6. The molecular formula is C20H17F4N7O3. The zero-order valence-corrected chi connectivity index (χ0v) is 17.5. The Bertz CT molecular complexity index is 1320. The molecule has 0 radical (unpaired) electrons. The Kier molecular flexibility index (Phi) is 6.40. The van der Waals surface area contributed by atoms with Gasteiger partial charge in [0.25, 0.3) is 5.91 Å². The van der Waals surface area contributed by atoms with Crippen molar-refractivity contribution in [2.24, 2.45) is 0 Å². The summed E-state index contributed by atoms with van der Waals surface area (Å²) in [7, 11) is 0. The van der Waals surface area contributed by atoms with Crippen LogP contribution < -0.4 is 10.1 Å². The lowest BCUT2D eigenvalue weighted by atomic mass is 10.2. The number of ether oxygens (including phenoxy) is 1. The second kappa shape index (κ2) is 9.43. The molecule has 4 rings (SSSR count). The van der Waals surface area contributed by atoms with E-state index in [9.17, 15) is 27.5 Å². The number of hydrogen-bond acceptors (Lipinski definition) is 7. The van der Waals surface area contributed by atoms with Gasteiger partial charge in [-0.1, -0.05) is 10.9 Å². The molecule has 0 saturated heterocycles. The van der Waals surface area contributed by atoms with Gasteiger partial charge >= 0.3 is 6.55 Å². The molecule has 0 saturated carbocycles. The largest absolute Gasteiger partial charge is 0.485 e. The predicted molar refractivity (Wildman–Crippen MR) is 107 cm³/mol. The van der Waals surface area contributed by atoms with E-state index in [1.54, 1.807) is 6.92 Å². The quantitative estimate of drug-likeness (QED) is 0.372. The highest BCUT2D eigenvalue weighted by atomic mass is 19.3. The fraction of sp³-hybridized carbons (Fsp3) is 0.250. The Balaban J connectivity index is 1.59. The van der Waals surface area contributed by atoms with Crippen LogP contribution >= 0.6 is 0 Å². The molecule has 0 bridgehead atoms. The summed E-state index contributed by atoms with van der Waals surface area (Å²) < 4.78 is 60.2. The van der Waals surface area contributed by atoms with Crippen LogP contribution in [0.2, 0.25) is 0 Å². The maximum Gasteiger partial charge on any atom is 0.350 e. The van der Waals surface area contributed by atoms with Gasteiger partial charge in [-0.15, -0.1) is 10.2 Å². The van der Waals surface area contributed by atoms with E-state index in [2.05, 4.69) is 25.7 Å². The predicted octanol–water partition coefficient (Wildman–Crippen LogP) is 2.34. The molecule has 1 amide bonds. The van der Waals surface area contributed by atoms with Gasteiger partial charge in [0.15, 0.2) is 17.2 Å². The zero-order valence-electron chi connectivity index (χ0n) is 17.5. The number of halogens is 4. The van der Waals surface area contributed by atoms with Crippen LogP contribution in [0.5, 0.6) is 5.75 Å². The lowest BCUT2D eigenvalue weighted by Gasteiger charge is -2.13. The summed E-state index contributed by atoms with van der Waals surface area (Å²) in [5, 5.41) is 22.1. The number of alkyl halides is 2. The number of fused-ring (bicyclic) bond motifs is 1. The molecule has 0 aliphatic rings. The minimum atomic E-state index is -3.03. The van der Waals surface area contributed by atoms with Crippen molar-refractivity contribution < 1.29 is 32.2 Å². The Morgan fingerprint density at radius 2 is 1.94 bits per heavy atom. The molecule has 10 nitrogen and oxygen atoms in total. The highest BCUT2D eigenvalue weighted by molar-refractivity contribution is 5.95. The number of pyridine rings is 1. The first kappa shape index (κ1) is 23.1. The molecule has 1 aromatic carbocycles. The third-order valence-corrected chi connectivity index (χ3v) is 4.86. The van der Waals surface area contributed by atoms with Crippen LogP contribution in [-0.4, -0.2) is 47.2 Å². The average molecular weight is 479 g/mol. The number of carbonyl (C=O) groups is 1. The standard InChI is InChI=1S/C20H17F4N7O3/c1-10-16(19(33)26-14(8-32)17-27-29-31(28-17)20(23)24)30-7-3-6-15(18(30)25-10)34-9-11-12(21)4-2-5-13(11)22/h2-7,14,20,32H,8-9H2,1H3,(H,26,33)/t14-/m0/s1. The number of carbonyl (C=O) groups excluding carboxylic acids is 1. The third kappa shape index (κ3) is 4.39. The molecule has 0 aliphatic carbocycles. The van der Waals surface area contributed by atoms with E-state index in [0.29, 0.717) is 0 Å². The molecule has 0 fully saturated rings. The smallest absolute Gasteiger partial charge is 0.350 e. The van der Waals surface area contributed by atoms with Crippen molar-refractivity contribution in [1.29, 1.82) is 0 Å². The summed E-state index contributed by atoms with van der Waals surface area (Å²) in [5.74, 6) is -2.39. The van der Waals surface area contributed by atoms with E-state index in [4.69, 9.17) is 4.74 Å². The maximum absolute atomic E-state index is 13.9. The summed E-state index contributed by atoms with van der Waals surface area (Å²) in [4.78, 5) is 17.3. The number of benzene rings is 1. The van der Waals surface area contributed by atoms with Gasteiger partial charge in [0, 0.05) is 6.20 Å². The first-order valence-electron chi connectivity index (χ1n) is 9.82. The lowest BCUT2D eigenvalue weighted by Crippen LogP contribution is -2.33. The van der Waals surface area contributed by atoms with Gasteiger partial charge in [0.05, 0.1) is 17.9 Å². The number of imidazole rings is 1. The van der Waals surface area contributed by atoms with Crippen molar-refractivity contribution in [2.45, 2.75) is 26.1 Å². The van der Waals surface area contributed by atoms with Crippen molar-refractivity contribution in [1.82, 2.24) is 34.9 Å². The Labute approximate surface area is 188 Å². The number of aryl methyl sites for hydroxylation is 1. The highest BCUT2D eigenvalue weighted by Gasteiger charge is 2.25. The van der Waals surface area contributed by atoms with Crippen LogP contribution in [0.25, 0.3) is 5.65 Å². The van der Waals surface area contributed by atoms with Gasteiger partial charge in [-0.05, 0) is 36.4 Å². The molecule has 178 valence electrons. The van der Waals surface area contributed by atoms with Gasteiger partial charge in [0.1, 0.15) is 30.0 Å². The van der Waals surface area contributed by atoms with E-state index in [-0.39, 0.29) is 39.0 Å². The summed E-state index contributed by atoms with van der Waals surface area (Å²) in [5.41, 5.74) is 0.258. The van der Waals surface area contributed by atoms with Gasteiger partial charge in [-0.2, -0.15) is 8.78 Å². The van der Waals surface area contributed by atoms with Crippen LogP contribution in [-0.2, 0) is 6.61 Å². The molecule has 3 heterocycles. The van der Waals surface area contributed by atoms with Crippen molar-refractivity contribution in [3.8, 4) is 5.75 Å². The number of rotatable bonds is 8. The van der Waals surface area contributed by atoms with Gasteiger partial charge < -0.3 is 15.2 Å². The fourth-order valence-corrected chi connectivity index (χ4v) is 3.24. The average Bonchev–Trinajstić information content (AvgIpc) is 3.42. The number of aliphatic hydroxyl groups is 1. The van der Waals surface area contributed by atoms with Gasteiger partial charge in [-0.25, -0.2) is 13.8 Å². The van der Waals surface area contributed by atoms with Gasteiger partial charge in [-0.3, -0.25) is 9.20 Å². The Hall–Kier alpha value is -4.07. The maximum atomic E-state index is 13.9. The minimum Gasteiger partial charge on any atom is -0.485 e. The van der Waals surface area contributed by atoms with E-state index in [1.807, 2.05) is 0 Å². The lowest BCUT2D eigenvalue weighted by molar-refractivity contribution is 0.0391. The van der Waals surface area contributed by atoms with Crippen LogP contribution in [0.1, 0.15) is 40.2 Å². The fourth-order valence-electron chi connectivity index (χ4n) is 3.24. The third-order valence-electron chi connectivity index (χ3n) is 4.86. The molecule has 2 N–H and O–H groups in total. The number of amides is 1. The van der Waals surface area contributed by atoms with Crippen molar-refractivity contribution in [3.63, 3.8) is 0 Å². The van der Waals surface area contributed by atoms with E-state index < -0.39 is 43.3 Å². The monoisotopic (exact) mass is 479 g/mol. The van der Waals surface area contributed by atoms with Crippen LogP contribution in [0.4, 0.5) is 17.6 Å². The number of aliphatic hydroxyl groups excluding tert-OH is 1. The van der Waals surface area contributed by atoms with Crippen LogP contribution in [0, 0.1) is 18.6 Å². The number of nitrogens with one attached hydrogen (secondary N) is 1. The second-order valence-corrected chi connectivity index (χ2v) is 7.06. The Morgan fingerprint density at radius 3 is 2.59 bits per heavy atom. The van der Waals surface area contributed by atoms with Crippen LogP contribution in [0.3, 0.4) is 0 Å². The minimum absolute atomic E-state index is 0.0473. The molecule has 34 heavy (non-hydrogen) atoms. The number of aromatic nitrogens is 6. The van der Waals surface area contributed by atoms with Crippen molar-refractivity contribution in [3.05, 3.63) is 70.9 Å². The summed E-state index contributed by atoms with van der Waals surface area (Å²) >= 11 is 0. The molecule has 0 unspecified atom stereocenters. The molecule has 3 aromatic heterocycles. The second-order valence-electron chi connectivity index (χ2n) is 7.06. The number of tetrazole rings is 1. The first-order valence-corrected chi connectivity index (χ1v) is 9.82. The summed E-state index contributed by atoms with van der Waals surface area (Å²) in [6, 6.07) is 5.30. The summed E-state index contributed by atoms with van der Waals surface area (Å²) in [6.07, 6.45) is 1.51. The van der Waals surface area contributed by atoms with E-state index in [0.717, 1.165) is 12.1 Å². The molecule has 0 spiro atoms. The van der Waals surface area contributed by atoms with Crippen LogP contribution in [0.15, 0.2) is 36.5 Å². The number of hydrogen-bond donors (Lipinski definition) is 2. The topological polar surface area (TPSA) is 119 Å². The van der Waals surface area contributed by atoms with E-state index in [1.165, 1.54) is 28.8 Å². The first-order chi connectivity index (χ1) is 16.3. The summed E-state index contributed by atoms with van der Waals surface area (Å²) in [6.45, 7) is -2.59. The van der Waals surface area contributed by atoms with Gasteiger partial charge in [0.2, 0.25) is 0 Å². The molecule has 14 heteroatoms. The molecular weight excluding hydrogens is 462 g/mol. The SMILES string of the molecule is Cc1nc2c(OCc3c(F)cccc3F)cccn2c1C(=O)N[C@@H](CO)c1nnn(C(F)F)n1. The van der Waals surface area contributed by atoms with E-state index >= 15 is 0 Å². The molecule has 0 aliphatic heterocycles. The molecule has 4 aromatic rings. The molecule has 1 atom stereocenters.